The van der Waals surface area contributed by atoms with Crippen LogP contribution in [0.2, 0.25) is 0 Å². The number of hydrogen-bond donors (Lipinski definition) is 1. The van der Waals surface area contributed by atoms with Crippen molar-refractivity contribution < 1.29 is 9.13 Å². The minimum atomic E-state index is -0.166. The third kappa shape index (κ3) is 3.64. The van der Waals surface area contributed by atoms with Crippen LogP contribution in [0.3, 0.4) is 0 Å². The number of halogens is 1. The molecule has 2 rings (SSSR count). The molecule has 0 heterocycles. The third-order valence-corrected chi connectivity index (χ3v) is 4.77. The zero-order valence-electron chi connectivity index (χ0n) is 13.5. The number of aryl methyl sites for hydroxylation is 1. The molecule has 118 valence electrons. The van der Waals surface area contributed by atoms with Crippen LogP contribution in [0, 0.1) is 12.7 Å². The Labute approximate surface area is 128 Å². The zero-order valence-corrected chi connectivity index (χ0v) is 13.5. The second-order valence-electron chi connectivity index (χ2n) is 6.22. The first kappa shape index (κ1) is 16.4. The highest BCUT2D eigenvalue weighted by Gasteiger charge is 2.41. The lowest BCUT2D eigenvalue weighted by atomic mass is 9.75. The van der Waals surface area contributed by atoms with Crippen molar-refractivity contribution in [2.24, 2.45) is 0 Å². The van der Waals surface area contributed by atoms with Crippen molar-refractivity contribution in [1.29, 1.82) is 0 Å². The summed E-state index contributed by atoms with van der Waals surface area (Å²) in [6.07, 6.45) is 6.92. The van der Waals surface area contributed by atoms with Crippen LogP contribution in [-0.2, 0) is 4.74 Å². The molecule has 3 heteroatoms. The molecule has 1 aliphatic carbocycles. The van der Waals surface area contributed by atoms with Crippen LogP contribution in [0.15, 0.2) is 18.2 Å². The van der Waals surface area contributed by atoms with E-state index in [4.69, 9.17) is 4.74 Å². The maximum atomic E-state index is 13.4. The predicted molar refractivity (Wildman–Crippen MR) is 85.0 cm³/mol. The number of benzene rings is 1. The highest BCUT2D eigenvalue weighted by Crippen LogP contribution is 2.42. The van der Waals surface area contributed by atoms with Gasteiger partial charge in [-0.15, -0.1) is 0 Å². The molecule has 0 aliphatic heterocycles. The van der Waals surface area contributed by atoms with Crippen molar-refractivity contribution in [2.75, 3.05) is 13.7 Å². The summed E-state index contributed by atoms with van der Waals surface area (Å²) >= 11 is 0. The van der Waals surface area contributed by atoms with E-state index in [0.717, 1.165) is 31.4 Å². The summed E-state index contributed by atoms with van der Waals surface area (Å²) in [5.41, 5.74) is 2.02. The van der Waals surface area contributed by atoms with Crippen LogP contribution in [0.1, 0.15) is 62.6 Å². The first-order valence-electron chi connectivity index (χ1n) is 8.17. The summed E-state index contributed by atoms with van der Waals surface area (Å²) in [5, 5.41) is 3.66. The highest BCUT2D eigenvalue weighted by atomic mass is 19.1. The van der Waals surface area contributed by atoms with Gasteiger partial charge in [-0.3, -0.25) is 0 Å². The molecule has 1 aromatic rings. The van der Waals surface area contributed by atoms with E-state index >= 15 is 0 Å². The monoisotopic (exact) mass is 293 g/mol. The molecule has 0 saturated heterocycles. The van der Waals surface area contributed by atoms with Crippen LogP contribution < -0.4 is 5.32 Å². The smallest absolute Gasteiger partial charge is 0.123 e. The van der Waals surface area contributed by atoms with E-state index in [-0.39, 0.29) is 17.5 Å². The van der Waals surface area contributed by atoms with Crippen molar-refractivity contribution in [3.8, 4) is 0 Å². The molecule has 0 bridgehead atoms. The molecule has 0 amide bonds. The van der Waals surface area contributed by atoms with E-state index in [9.17, 15) is 4.39 Å². The van der Waals surface area contributed by atoms with Crippen LogP contribution in [0.5, 0.6) is 0 Å². The average molecular weight is 293 g/mol. The lowest BCUT2D eigenvalue weighted by Gasteiger charge is -2.43. The summed E-state index contributed by atoms with van der Waals surface area (Å²) in [6.45, 7) is 5.11. The van der Waals surface area contributed by atoms with Gasteiger partial charge in [0, 0.05) is 7.11 Å². The van der Waals surface area contributed by atoms with Gasteiger partial charge in [0.2, 0.25) is 0 Å². The molecule has 1 unspecified atom stereocenters. The Hall–Kier alpha value is -0.930. The molecule has 0 spiro atoms. The normalized spacial score (nSPS) is 19.4. The molecule has 21 heavy (non-hydrogen) atoms. The second-order valence-corrected chi connectivity index (χ2v) is 6.22. The molecule has 0 aromatic heterocycles. The summed E-state index contributed by atoms with van der Waals surface area (Å²) in [6, 6.07) is 5.26. The van der Waals surface area contributed by atoms with Crippen molar-refractivity contribution in [3.63, 3.8) is 0 Å². The molecule has 1 N–H and O–H groups in total. The molecule has 1 aliphatic rings. The summed E-state index contributed by atoms with van der Waals surface area (Å²) in [5.74, 6) is -0.166. The fraction of sp³-hybridized carbons (Fsp3) is 0.667. The Morgan fingerprint density at radius 3 is 2.57 bits per heavy atom. The highest BCUT2D eigenvalue weighted by molar-refractivity contribution is 5.32. The molecule has 1 aromatic carbocycles. The van der Waals surface area contributed by atoms with E-state index in [1.165, 1.54) is 24.8 Å². The SMILES string of the molecule is CCCNC(c1ccc(F)cc1C)C1(OC)CCCCC1. The minimum Gasteiger partial charge on any atom is -0.376 e. The summed E-state index contributed by atoms with van der Waals surface area (Å²) in [7, 11) is 1.82. The van der Waals surface area contributed by atoms with Gasteiger partial charge >= 0.3 is 0 Å². The minimum absolute atomic E-state index is 0.142. The van der Waals surface area contributed by atoms with E-state index in [2.05, 4.69) is 12.2 Å². The van der Waals surface area contributed by atoms with Gasteiger partial charge in [0.1, 0.15) is 5.82 Å². The second kappa shape index (κ2) is 7.37. The first-order valence-corrected chi connectivity index (χ1v) is 8.17. The van der Waals surface area contributed by atoms with E-state index in [1.807, 2.05) is 20.1 Å². The van der Waals surface area contributed by atoms with Crippen molar-refractivity contribution >= 4 is 0 Å². The van der Waals surface area contributed by atoms with E-state index < -0.39 is 0 Å². The largest absolute Gasteiger partial charge is 0.376 e. The Bertz CT molecular complexity index is 455. The Morgan fingerprint density at radius 2 is 2.00 bits per heavy atom. The quantitative estimate of drug-likeness (QED) is 0.832. The number of methoxy groups -OCH3 is 1. The molecule has 2 nitrogen and oxygen atoms in total. The molecule has 1 atom stereocenters. The molecule has 0 radical (unpaired) electrons. The average Bonchev–Trinajstić information content (AvgIpc) is 2.50. The maximum absolute atomic E-state index is 13.4. The Balaban J connectivity index is 2.36. The molecule has 1 saturated carbocycles. The Kier molecular flexibility index (Phi) is 5.77. The van der Waals surface area contributed by atoms with Gasteiger partial charge in [0.05, 0.1) is 11.6 Å². The molecule has 1 fully saturated rings. The van der Waals surface area contributed by atoms with Gasteiger partial charge in [-0.25, -0.2) is 4.39 Å². The number of rotatable bonds is 6. The van der Waals surface area contributed by atoms with Crippen LogP contribution >= 0.6 is 0 Å². The summed E-state index contributed by atoms with van der Waals surface area (Å²) in [4.78, 5) is 0. The molecular weight excluding hydrogens is 265 g/mol. The van der Waals surface area contributed by atoms with Crippen molar-refractivity contribution in [3.05, 3.63) is 35.1 Å². The fourth-order valence-corrected chi connectivity index (χ4v) is 3.59. The van der Waals surface area contributed by atoms with Gasteiger partial charge in [0.25, 0.3) is 0 Å². The zero-order chi connectivity index (χ0) is 15.3. The standard InChI is InChI=1S/C18H28FNO/c1-4-12-20-17(16-9-8-15(19)13-14(16)2)18(21-3)10-6-5-7-11-18/h8-9,13,17,20H,4-7,10-12H2,1-3H3. The van der Waals surface area contributed by atoms with Gasteiger partial charge < -0.3 is 10.1 Å². The van der Waals surface area contributed by atoms with Gasteiger partial charge in [-0.2, -0.15) is 0 Å². The first-order chi connectivity index (χ1) is 10.1. The van der Waals surface area contributed by atoms with Crippen molar-refractivity contribution in [2.45, 2.75) is 64.0 Å². The van der Waals surface area contributed by atoms with Crippen molar-refractivity contribution in [1.82, 2.24) is 5.32 Å². The summed E-state index contributed by atoms with van der Waals surface area (Å²) < 4.78 is 19.5. The lowest BCUT2D eigenvalue weighted by Crippen LogP contribution is -2.47. The third-order valence-electron chi connectivity index (χ3n) is 4.77. The number of hydrogen-bond acceptors (Lipinski definition) is 2. The van der Waals surface area contributed by atoms with Gasteiger partial charge in [0.15, 0.2) is 0 Å². The molecular formula is C18H28FNO. The van der Waals surface area contributed by atoms with E-state index in [1.54, 1.807) is 12.1 Å². The van der Waals surface area contributed by atoms with E-state index in [0.29, 0.717) is 0 Å². The van der Waals surface area contributed by atoms with Crippen LogP contribution in [0.25, 0.3) is 0 Å². The van der Waals surface area contributed by atoms with Gasteiger partial charge in [-0.05, 0) is 56.0 Å². The fourth-order valence-electron chi connectivity index (χ4n) is 3.59. The van der Waals surface area contributed by atoms with Crippen LogP contribution in [0.4, 0.5) is 4.39 Å². The van der Waals surface area contributed by atoms with Crippen LogP contribution in [-0.4, -0.2) is 19.3 Å². The number of nitrogens with one attached hydrogen (secondary N) is 1. The topological polar surface area (TPSA) is 21.3 Å². The maximum Gasteiger partial charge on any atom is 0.123 e. The van der Waals surface area contributed by atoms with Gasteiger partial charge in [-0.1, -0.05) is 32.3 Å². The Morgan fingerprint density at radius 1 is 1.29 bits per heavy atom. The predicted octanol–water partition coefficient (Wildman–Crippen LogP) is 4.52. The number of ether oxygens (including phenoxy) is 1. The lowest BCUT2D eigenvalue weighted by molar-refractivity contribution is -0.0688.